The predicted octanol–water partition coefficient (Wildman–Crippen LogP) is 2.73. The van der Waals surface area contributed by atoms with Crippen molar-refractivity contribution in [2.24, 2.45) is 0 Å². The first kappa shape index (κ1) is 14.1. The van der Waals surface area contributed by atoms with Gasteiger partial charge in [-0.25, -0.2) is 0 Å². The Morgan fingerprint density at radius 3 is 2.71 bits per heavy atom. The summed E-state index contributed by atoms with van der Waals surface area (Å²) in [7, 11) is 1.93. The van der Waals surface area contributed by atoms with E-state index in [9.17, 15) is 0 Å². The Bertz CT molecular complexity index is 351. The van der Waals surface area contributed by atoms with Gasteiger partial charge in [-0.15, -0.1) is 12.4 Å². The molecule has 1 aliphatic carbocycles. The minimum absolute atomic E-state index is 0. The number of hydrogen-bond acceptors (Lipinski definition) is 3. The second kappa shape index (κ2) is 6.72. The van der Waals surface area contributed by atoms with Crippen molar-refractivity contribution >= 4 is 18.1 Å². The lowest BCUT2D eigenvalue weighted by Gasteiger charge is -2.16. The summed E-state index contributed by atoms with van der Waals surface area (Å²) in [6, 6.07) is 5.88. The number of nitrogens with one attached hydrogen (secondary N) is 1. The van der Waals surface area contributed by atoms with E-state index in [0.717, 1.165) is 23.5 Å². The van der Waals surface area contributed by atoms with E-state index in [1.165, 1.54) is 25.7 Å². The second-order valence-electron chi connectivity index (χ2n) is 4.42. The summed E-state index contributed by atoms with van der Waals surface area (Å²) in [5.74, 6) is 0.982. The zero-order valence-corrected chi connectivity index (χ0v) is 11.1. The average molecular weight is 257 g/mol. The lowest BCUT2D eigenvalue weighted by molar-refractivity contribution is 0.207. The van der Waals surface area contributed by atoms with Gasteiger partial charge in [0.25, 0.3) is 0 Å². The Hall–Kier alpha value is -0.930. The number of benzene rings is 1. The van der Waals surface area contributed by atoms with Crippen LogP contribution in [0.4, 0.5) is 5.69 Å². The van der Waals surface area contributed by atoms with Crippen molar-refractivity contribution in [2.45, 2.75) is 38.3 Å². The molecule has 0 heterocycles. The number of anilines is 1. The lowest BCUT2D eigenvalue weighted by Crippen LogP contribution is -2.14. The van der Waals surface area contributed by atoms with E-state index in [4.69, 9.17) is 10.5 Å². The molecule has 0 spiro atoms. The van der Waals surface area contributed by atoms with Gasteiger partial charge in [-0.05, 0) is 50.9 Å². The van der Waals surface area contributed by atoms with Crippen LogP contribution in [0.5, 0.6) is 5.75 Å². The maximum atomic E-state index is 6.02. The van der Waals surface area contributed by atoms with Crippen LogP contribution >= 0.6 is 12.4 Å². The molecule has 1 aliphatic rings. The molecule has 0 aromatic heterocycles. The van der Waals surface area contributed by atoms with Crippen molar-refractivity contribution in [2.75, 3.05) is 12.8 Å². The summed E-state index contributed by atoms with van der Waals surface area (Å²) < 4.78 is 6.02. The van der Waals surface area contributed by atoms with Crippen LogP contribution in [-0.2, 0) is 6.54 Å². The largest absolute Gasteiger partial charge is 0.490 e. The zero-order valence-electron chi connectivity index (χ0n) is 10.2. The van der Waals surface area contributed by atoms with Crippen molar-refractivity contribution in [3.8, 4) is 5.75 Å². The molecule has 0 aliphatic heterocycles. The molecule has 0 radical (unpaired) electrons. The van der Waals surface area contributed by atoms with E-state index in [1.54, 1.807) is 0 Å². The predicted molar refractivity (Wildman–Crippen MR) is 73.8 cm³/mol. The number of hydrogen-bond donors (Lipinski definition) is 2. The maximum Gasteiger partial charge on any atom is 0.124 e. The van der Waals surface area contributed by atoms with Crippen molar-refractivity contribution < 1.29 is 4.74 Å². The summed E-state index contributed by atoms with van der Waals surface area (Å²) in [4.78, 5) is 0. The third-order valence-corrected chi connectivity index (χ3v) is 3.05. The minimum atomic E-state index is 0. The van der Waals surface area contributed by atoms with Gasteiger partial charge in [-0.2, -0.15) is 0 Å². The summed E-state index contributed by atoms with van der Waals surface area (Å²) >= 11 is 0. The van der Waals surface area contributed by atoms with E-state index in [1.807, 2.05) is 25.2 Å². The van der Waals surface area contributed by atoms with Crippen LogP contribution < -0.4 is 15.8 Å². The van der Waals surface area contributed by atoms with Crippen LogP contribution in [-0.4, -0.2) is 13.2 Å². The molecule has 0 saturated heterocycles. The third-order valence-electron chi connectivity index (χ3n) is 3.05. The first-order chi connectivity index (χ1) is 7.79. The SMILES string of the molecule is CNCc1cc(N)ccc1OC1CCCC1.Cl. The fourth-order valence-electron chi connectivity index (χ4n) is 2.23. The summed E-state index contributed by atoms with van der Waals surface area (Å²) in [5, 5.41) is 3.14. The van der Waals surface area contributed by atoms with E-state index >= 15 is 0 Å². The highest BCUT2D eigenvalue weighted by molar-refractivity contribution is 5.85. The highest BCUT2D eigenvalue weighted by atomic mass is 35.5. The fourth-order valence-corrected chi connectivity index (χ4v) is 2.23. The number of nitrogens with two attached hydrogens (primary N) is 1. The van der Waals surface area contributed by atoms with Crippen molar-refractivity contribution in [3.63, 3.8) is 0 Å². The molecule has 1 saturated carbocycles. The molecule has 0 amide bonds. The quantitative estimate of drug-likeness (QED) is 0.815. The van der Waals surface area contributed by atoms with Gasteiger partial charge in [0.2, 0.25) is 0 Å². The van der Waals surface area contributed by atoms with Crippen molar-refractivity contribution in [1.29, 1.82) is 0 Å². The molecule has 3 N–H and O–H groups in total. The zero-order chi connectivity index (χ0) is 11.4. The molecule has 0 unspecified atom stereocenters. The van der Waals surface area contributed by atoms with Crippen molar-refractivity contribution in [3.05, 3.63) is 23.8 Å². The van der Waals surface area contributed by atoms with Crippen LogP contribution in [0.1, 0.15) is 31.2 Å². The molecule has 2 rings (SSSR count). The number of halogens is 1. The molecule has 17 heavy (non-hydrogen) atoms. The monoisotopic (exact) mass is 256 g/mol. The Morgan fingerprint density at radius 1 is 1.35 bits per heavy atom. The van der Waals surface area contributed by atoms with Gasteiger partial charge in [0.1, 0.15) is 5.75 Å². The molecule has 1 fully saturated rings. The van der Waals surface area contributed by atoms with Crippen molar-refractivity contribution in [1.82, 2.24) is 5.32 Å². The van der Waals surface area contributed by atoms with E-state index in [2.05, 4.69) is 5.32 Å². The van der Waals surface area contributed by atoms with E-state index in [-0.39, 0.29) is 12.4 Å². The number of nitrogen functional groups attached to an aromatic ring is 1. The second-order valence-corrected chi connectivity index (χ2v) is 4.42. The Balaban J connectivity index is 0.00000144. The Morgan fingerprint density at radius 2 is 2.06 bits per heavy atom. The molecule has 1 aromatic carbocycles. The van der Waals surface area contributed by atoms with Gasteiger partial charge in [-0.1, -0.05) is 0 Å². The van der Waals surface area contributed by atoms with Crippen LogP contribution in [0, 0.1) is 0 Å². The average Bonchev–Trinajstić information content (AvgIpc) is 2.75. The summed E-state index contributed by atoms with van der Waals surface area (Å²) in [6.45, 7) is 0.799. The van der Waals surface area contributed by atoms with Crippen LogP contribution in [0.2, 0.25) is 0 Å². The third kappa shape index (κ3) is 3.79. The Kier molecular flexibility index (Phi) is 5.59. The molecule has 1 aromatic rings. The molecular formula is C13H21ClN2O. The van der Waals surface area contributed by atoms with Gasteiger partial charge < -0.3 is 15.8 Å². The van der Waals surface area contributed by atoms with Crippen LogP contribution in [0.15, 0.2) is 18.2 Å². The van der Waals surface area contributed by atoms with Crippen LogP contribution in [0.25, 0.3) is 0 Å². The number of ether oxygens (including phenoxy) is 1. The molecular weight excluding hydrogens is 236 g/mol. The highest BCUT2D eigenvalue weighted by Crippen LogP contribution is 2.27. The van der Waals surface area contributed by atoms with Gasteiger partial charge in [0.15, 0.2) is 0 Å². The molecule has 96 valence electrons. The van der Waals surface area contributed by atoms with E-state index in [0.29, 0.717) is 6.10 Å². The van der Waals surface area contributed by atoms with Gasteiger partial charge in [0.05, 0.1) is 6.10 Å². The van der Waals surface area contributed by atoms with E-state index < -0.39 is 0 Å². The normalized spacial score (nSPS) is 15.6. The Labute approximate surface area is 109 Å². The lowest BCUT2D eigenvalue weighted by atomic mass is 10.1. The van der Waals surface area contributed by atoms with Gasteiger partial charge >= 0.3 is 0 Å². The minimum Gasteiger partial charge on any atom is -0.490 e. The molecule has 4 heteroatoms. The van der Waals surface area contributed by atoms with Gasteiger partial charge in [0, 0.05) is 17.8 Å². The highest BCUT2D eigenvalue weighted by Gasteiger charge is 2.17. The molecule has 0 atom stereocenters. The maximum absolute atomic E-state index is 6.02. The smallest absolute Gasteiger partial charge is 0.124 e. The topological polar surface area (TPSA) is 47.3 Å². The first-order valence-electron chi connectivity index (χ1n) is 5.99. The molecule has 3 nitrogen and oxygen atoms in total. The summed E-state index contributed by atoms with van der Waals surface area (Å²) in [5.41, 5.74) is 7.73. The number of rotatable bonds is 4. The molecule has 0 bridgehead atoms. The fraction of sp³-hybridized carbons (Fsp3) is 0.538. The van der Waals surface area contributed by atoms with Gasteiger partial charge in [-0.3, -0.25) is 0 Å². The van der Waals surface area contributed by atoms with Crippen LogP contribution in [0.3, 0.4) is 0 Å². The standard InChI is InChI=1S/C13H20N2O.ClH/c1-15-9-10-8-11(14)6-7-13(10)16-12-4-2-3-5-12;/h6-8,12,15H,2-5,9,14H2,1H3;1H. The summed E-state index contributed by atoms with van der Waals surface area (Å²) in [6.07, 6.45) is 5.36. The first-order valence-corrected chi connectivity index (χ1v) is 5.99.